The van der Waals surface area contributed by atoms with Crippen molar-refractivity contribution in [3.8, 4) is 17.1 Å². The van der Waals surface area contributed by atoms with Gasteiger partial charge in [-0.15, -0.1) is 10.2 Å². The second kappa shape index (κ2) is 5.66. The van der Waals surface area contributed by atoms with Gasteiger partial charge in [0.15, 0.2) is 11.6 Å². The molecule has 0 bridgehead atoms. The highest BCUT2D eigenvalue weighted by Gasteiger charge is 2.19. The largest absolute Gasteiger partial charge is 0.383 e. The molecular formula is C14H10BrClFN5. The van der Waals surface area contributed by atoms with Crippen molar-refractivity contribution in [3.05, 3.63) is 51.6 Å². The van der Waals surface area contributed by atoms with Crippen molar-refractivity contribution >= 4 is 33.3 Å². The molecule has 0 radical (unpaired) electrons. The fraction of sp³-hybridized carbons (Fsp3) is 0.0714. The smallest absolute Gasteiger partial charge is 0.172 e. The van der Waals surface area contributed by atoms with E-state index in [1.807, 2.05) is 0 Å². The van der Waals surface area contributed by atoms with Gasteiger partial charge in [0.05, 0.1) is 16.3 Å². The number of hydrogen-bond acceptors (Lipinski definition) is 4. The molecule has 0 spiro atoms. The molecule has 0 fully saturated rings. The zero-order chi connectivity index (χ0) is 15.9. The quantitative estimate of drug-likeness (QED) is 0.732. The molecule has 2 N–H and O–H groups in total. The van der Waals surface area contributed by atoms with Crippen LogP contribution in [0.25, 0.3) is 17.1 Å². The molecule has 2 aromatic heterocycles. The predicted molar refractivity (Wildman–Crippen MR) is 86.4 cm³/mol. The van der Waals surface area contributed by atoms with E-state index in [2.05, 4.69) is 31.1 Å². The minimum atomic E-state index is -0.546. The number of rotatable bonds is 2. The van der Waals surface area contributed by atoms with Crippen LogP contribution in [0.2, 0.25) is 5.02 Å². The number of halogens is 3. The first kappa shape index (κ1) is 14.9. The van der Waals surface area contributed by atoms with Gasteiger partial charge in [-0.3, -0.25) is 4.57 Å². The van der Waals surface area contributed by atoms with Gasteiger partial charge in [-0.2, -0.15) is 0 Å². The summed E-state index contributed by atoms with van der Waals surface area (Å²) >= 11 is 9.20. The Bertz CT molecular complexity index is 864. The molecule has 3 rings (SSSR count). The molecule has 0 aliphatic rings. The van der Waals surface area contributed by atoms with Gasteiger partial charge in [-0.05, 0) is 41.1 Å². The lowest BCUT2D eigenvalue weighted by Gasteiger charge is -2.11. The second-order valence-electron chi connectivity index (χ2n) is 4.57. The maximum atomic E-state index is 14.4. The molecule has 0 amide bonds. The normalized spacial score (nSPS) is 10.9. The first-order valence-electron chi connectivity index (χ1n) is 6.27. The number of benzene rings is 1. The molecule has 1 aromatic carbocycles. The Morgan fingerprint density at radius 2 is 2.09 bits per heavy atom. The summed E-state index contributed by atoms with van der Waals surface area (Å²) in [6, 6.07) is 6.49. The van der Waals surface area contributed by atoms with Gasteiger partial charge in [-0.25, -0.2) is 9.37 Å². The number of pyridine rings is 1. The third-order valence-corrected chi connectivity index (χ3v) is 3.85. The number of nitrogens with zero attached hydrogens (tertiary/aromatic N) is 4. The van der Waals surface area contributed by atoms with Crippen LogP contribution in [0.1, 0.15) is 5.82 Å². The zero-order valence-electron chi connectivity index (χ0n) is 11.4. The zero-order valence-corrected chi connectivity index (χ0v) is 13.7. The van der Waals surface area contributed by atoms with E-state index < -0.39 is 5.82 Å². The standard InChI is InChI=1S/C14H10BrClFN5/c1-7-20-21-14(9-5-8(15)6-19-13(9)18)22(7)11-4-2-3-10(16)12(11)17/h2-6H,1H3,(H2,18,19). The first-order chi connectivity index (χ1) is 10.5. The fourth-order valence-corrected chi connectivity index (χ4v) is 2.62. The molecule has 5 nitrogen and oxygen atoms in total. The molecule has 0 unspecified atom stereocenters. The Kier molecular flexibility index (Phi) is 3.84. The van der Waals surface area contributed by atoms with Gasteiger partial charge >= 0.3 is 0 Å². The van der Waals surface area contributed by atoms with Crippen LogP contribution in [0, 0.1) is 12.7 Å². The fourth-order valence-electron chi connectivity index (χ4n) is 2.12. The summed E-state index contributed by atoms with van der Waals surface area (Å²) in [6.07, 6.45) is 1.58. The summed E-state index contributed by atoms with van der Waals surface area (Å²) in [5.74, 6) is 0.634. The maximum Gasteiger partial charge on any atom is 0.172 e. The van der Waals surface area contributed by atoms with E-state index in [0.29, 0.717) is 17.2 Å². The molecule has 0 saturated heterocycles. The van der Waals surface area contributed by atoms with Crippen LogP contribution < -0.4 is 5.73 Å². The molecule has 0 saturated carbocycles. The lowest BCUT2D eigenvalue weighted by molar-refractivity contribution is 0.617. The lowest BCUT2D eigenvalue weighted by atomic mass is 10.2. The first-order valence-corrected chi connectivity index (χ1v) is 7.44. The van der Waals surface area contributed by atoms with Crippen LogP contribution in [0.15, 0.2) is 34.9 Å². The van der Waals surface area contributed by atoms with Crippen LogP contribution in [0.4, 0.5) is 10.2 Å². The van der Waals surface area contributed by atoms with Crippen molar-refractivity contribution in [1.29, 1.82) is 0 Å². The van der Waals surface area contributed by atoms with Gasteiger partial charge in [0.2, 0.25) is 0 Å². The predicted octanol–water partition coefficient (Wildman–Crippen LogP) is 3.77. The molecule has 3 aromatic rings. The van der Waals surface area contributed by atoms with Crippen molar-refractivity contribution in [2.24, 2.45) is 0 Å². The van der Waals surface area contributed by atoms with Gasteiger partial charge in [0, 0.05) is 10.7 Å². The number of nitrogens with two attached hydrogens (primary N) is 1. The van der Waals surface area contributed by atoms with Crippen molar-refractivity contribution in [3.63, 3.8) is 0 Å². The highest BCUT2D eigenvalue weighted by atomic mass is 79.9. The van der Waals surface area contributed by atoms with Crippen molar-refractivity contribution in [2.45, 2.75) is 6.92 Å². The van der Waals surface area contributed by atoms with Crippen LogP contribution in [-0.4, -0.2) is 19.7 Å². The summed E-state index contributed by atoms with van der Waals surface area (Å²) in [5, 5.41) is 8.14. The number of aryl methyl sites for hydroxylation is 1. The average molecular weight is 383 g/mol. The highest BCUT2D eigenvalue weighted by molar-refractivity contribution is 9.10. The monoisotopic (exact) mass is 381 g/mol. The van der Waals surface area contributed by atoms with E-state index in [4.69, 9.17) is 17.3 Å². The maximum absolute atomic E-state index is 14.4. The van der Waals surface area contributed by atoms with E-state index in [9.17, 15) is 4.39 Å². The summed E-state index contributed by atoms with van der Waals surface area (Å²) < 4.78 is 16.6. The van der Waals surface area contributed by atoms with E-state index in [-0.39, 0.29) is 16.5 Å². The summed E-state index contributed by atoms with van der Waals surface area (Å²) in [5.41, 5.74) is 6.72. The van der Waals surface area contributed by atoms with E-state index in [0.717, 1.165) is 4.47 Å². The minimum Gasteiger partial charge on any atom is -0.383 e. The van der Waals surface area contributed by atoms with Crippen LogP contribution >= 0.6 is 27.5 Å². The van der Waals surface area contributed by atoms with Crippen molar-refractivity contribution in [1.82, 2.24) is 19.7 Å². The van der Waals surface area contributed by atoms with Crippen LogP contribution in [-0.2, 0) is 0 Å². The molecular weight excluding hydrogens is 373 g/mol. The number of hydrogen-bond donors (Lipinski definition) is 1. The Morgan fingerprint density at radius 1 is 1.32 bits per heavy atom. The van der Waals surface area contributed by atoms with E-state index in [1.165, 1.54) is 6.07 Å². The molecule has 8 heteroatoms. The van der Waals surface area contributed by atoms with Crippen molar-refractivity contribution < 1.29 is 4.39 Å². The molecule has 22 heavy (non-hydrogen) atoms. The van der Waals surface area contributed by atoms with Gasteiger partial charge < -0.3 is 5.73 Å². The Labute approximate surface area is 139 Å². The Morgan fingerprint density at radius 3 is 2.86 bits per heavy atom. The summed E-state index contributed by atoms with van der Waals surface area (Å²) in [7, 11) is 0. The molecule has 0 aliphatic carbocycles. The Balaban J connectivity index is 2.29. The minimum absolute atomic E-state index is 0.0249. The van der Waals surface area contributed by atoms with Crippen molar-refractivity contribution in [2.75, 3.05) is 5.73 Å². The Hall–Kier alpha value is -1.99. The number of nitrogen functional groups attached to an aromatic ring is 1. The molecule has 112 valence electrons. The molecule has 2 heterocycles. The molecule has 0 atom stereocenters. The van der Waals surface area contributed by atoms with Gasteiger partial charge in [0.25, 0.3) is 0 Å². The average Bonchev–Trinajstić information content (AvgIpc) is 2.86. The third-order valence-electron chi connectivity index (χ3n) is 3.12. The van der Waals surface area contributed by atoms with Crippen LogP contribution in [0.5, 0.6) is 0 Å². The number of aromatic nitrogens is 4. The number of anilines is 1. The van der Waals surface area contributed by atoms with Gasteiger partial charge in [-0.1, -0.05) is 17.7 Å². The van der Waals surface area contributed by atoms with Gasteiger partial charge in [0.1, 0.15) is 11.6 Å². The topological polar surface area (TPSA) is 69.6 Å². The van der Waals surface area contributed by atoms with Crippen LogP contribution in [0.3, 0.4) is 0 Å². The van der Waals surface area contributed by atoms with E-state index in [1.54, 1.807) is 35.9 Å². The summed E-state index contributed by atoms with van der Waals surface area (Å²) in [6.45, 7) is 1.72. The molecule has 0 aliphatic heterocycles. The highest BCUT2D eigenvalue weighted by Crippen LogP contribution is 2.30. The SMILES string of the molecule is Cc1nnc(-c2cc(Br)cnc2N)n1-c1cccc(Cl)c1F. The second-order valence-corrected chi connectivity index (χ2v) is 5.89. The lowest BCUT2D eigenvalue weighted by Crippen LogP contribution is -2.05. The van der Waals surface area contributed by atoms with E-state index >= 15 is 0 Å². The third kappa shape index (κ3) is 2.46. The summed E-state index contributed by atoms with van der Waals surface area (Å²) in [4.78, 5) is 4.07.